The molecule has 0 spiro atoms. The molecule has 0 radical (unpaired) electrons. The van der Waals surface area contributed by atoms with E-state index in [0.29, 0.717) is 26.2 Å². The van der Waals surface area contributed by atoms with E-state index in [0.717, 1.165) is 12.8 Å². The second-order valence-electron chi connectivity index (χ2n) is 8.72. The third kappa shape index (κ3) is 6.00. The van der Waals surface area contributed by atoms with Crippen LogP contribution in [0, 0.1) is 0 Å². The topological polar surface area (TPSA) is 145 Å². The Morgan fingerprint density at radius 3 is 2.81 bits per heavy atom. The first-order chi connectivity index (χ1) is 18.1. The maximum Gasteiger partial charge on any atom is 0.316 e. The fourth-order valence-corrected chi connectivity index (χ4v) is 4.17. The number of hydrogen-bond acceptors (Lipinski definition) is 10. The number of ether oxygens (including phenoxy) is 2. The Hall–Kier alpha value is -4.13. The summed E-state index contributed by atoms with van der Waals surface area (Å²) in [5.41, 5.74) is 0.490. The van der Waals surface area contributed by atoms with Gasteiger partial charge in [0.25, 0.3) is 17.8 Å². The number of rotatable bonds is 7. The van der Waals surface area contributed by atoms with Crippen molar-refractivity contribution in [3.63, 3.8) is 0 Å². The molecule has 3 aromatic rings. The zero-order valence-corrected chi connectivity index (χ0v) is 19.9. The Morgan fingerprint density at radius 2 is 2.03 bits per heavy atom. The van der Waals surface area contributed by atoms with E-state index in [4.69, 9.17) is 13.9 Å². The highest BCUT2D eigenvalue weighted by molar-refractivity contribution is 6.08. The van der Waals surface area contributed by atoms with Crippen LogP contribution in [0.4, 0.5) is 16.1 Å². The lowest BCUT2D eigenvalue weighted by Crippen LogP contribution is -2.47. The summed E-state index contributed by atoms with van der Waals surface area (Å²) in [7, 11) is 0. The van der Waals surface area contributed by atoms with Crippen molar-refractivity contribution in [3.8, 4) is 6.01 Å². The SMILES string of the molecule is O=C(Nc1ccncc1C(=O)N[C@H]1CCCOC1)c1coc(N2CCC(Oc3ncccn3)C(F)C2)n1. The molecule has 0 bridgehead atoms. The zero-order chi connectivity index (χ0) is 25.6. The molecule has 3 aromatic heterocycles. The van der Waals surface area contributed by atoms with Crippen molar-refractivity contribution in [1.29, 1.82) is 0 Å². The van der Waals surface area contributed by atoms with Gasteiger partial charge in [-0.25, -0.2) is 14.4 Å². The average Bonchev–Trinajstić information content (AvgIpc) is 3.42. The Balaban J connectivity index is 1.19. The van der Waals surface area contributed by atoms with Gasteiger partial charge in [0.05, 0.1) is 30.4 Å². The van der Waals surface area contributed by atoms with Crippen molar-refractivity contribution in [3.05, 3.63) is 54.4 Å². The number of carbonyl (C=O) groups excluding carboxylic acids is 2. The molecule has 5 heterocycles. The van der Waals surface area contributed by atoms with Crippen molar-refractivity contribution in [1.82, 2.24) is 25.3 Å². The number of anilines is 2. The number of carbonyl (C=O) groups is 2. The van der Waals surface area contributed by atoms with E-state index in [-0.39, 0.29) is 47.5 Å². The summed E-state index contributed by atoms with van der Waals surface area (Å²) in [5, 5.41) is 5.59. The lowest BCUT2D eigenvalue weighted by atomic mass is 10.1. The predicted octanol–water partition coefficient (Wildman–Crippen LogP) is 2.02. The summed E-state index contributed by atoms with van der Waals surface area (Å²) in [4.78, 5) is 43.4. The maximum atomic E-state index is 14.8. The number of piperidine rings is 1. The second kappa shape index (κ2) is 11.3. The molecule has 12 nitrogen and oxygen atoms in total. The monoisotopic (exact) mass is 511 g/mol. The number of alkyl halides is 1. The lowest BCUT2D eigenvalue weighted by molar-refractivity contribution is 0.0624. The number of amides is 2. The highest BCUT2D eigenvalue weighted by Gasteiger charge is 2.33. The van der Waals surface area contributed by atoms with Crippen LogP contribution in [0.5, 0.6) is 6.01 Å². The summed E-state index contributed by atoms with van der Waals surface area (Å²) in [6.07, 6.45) is 7.10. The molecule has 2 amide bonds. The third-order valence-corrected chi connectivity index (χ3v) is 6.09. The van der Waals surface area contributed by atoms with Crippen molar-refractivity contribution < 1.29 is 27.9 Å². The molecule has 194 valence electrons. The first kappa shape index (κ1) is 24.6. The molecule has 5 rings (SSSR count). The van der Waals surface area contributed by atoms with Crippen LogP contribution in [-0.4, -0.2) is 76.4 Å². The summed E-state index contributed by atoms with van der Waals surface area (Å²) < 4.78 is 31.2. The Labute approximate surface area is 211 Å². The van der Waals surface area contributed by atoms with Gasteiger partial charge >= 0.3 is 6.01 Å². The molecule has 37 heavy (non-hydrogen) atoms. The van der Waals surface area contributed by atoms with Gasteiger partial charge < -0.3 is 29.4 Å². The van der Waals surface area contributed by atoms with E-state index in [1.165, 1.54) is 37.1 Å². The minimum absolute atomic E-state index is 0.00896. The smallest absolute Gasteiger partial charge is 0.316 e. The van der Waals surface area contributed by atoms with Crippen LogP contribution in [0.3, 0.4) is 0 Å². The molecule has 2 aliphatic rings. The van der Waals surface area contributed by atoms with Gasteiger partial charge in [0.1, 0.15) is 12.4 Å². The van der Waals surface area contributed by atoms with Crippen molar-refractivity contribution in [2.75, 3.05) is 36.5 Å². The number of nitrogens with zero attached hydrogens (tertiary/aromatic N) is 5. The molecule has 2 unspecified atom stereocenters. The van der Waals surface area contributed by atoms with Gasteiger partial charge in [-0.2, -0.15) is 4.98 Å². The van der Waals surface area contributed by atoms with E-state index < -0.39 is 18.2 Å². The van der Waals surface area contributed by atoms with Crippen LogP contribution in [0.1, 0.15) is 40.1 Å². The van der Waals surface area contributed by atoms with Crippen LogP contribution in [0.25, 0.3) is 0 Å². The molecule has 13 heteroatoms. The number of pyridine rings is 1. The Kier molecular flexibility index (Phi) is 7.49. The summed E-state index contributed by atoms with van der Waals surface area (Å²) in [6, 6.07) is 3.31. The molecule has 2 aliphatic heterocycles. The number of aromatic nitrogens is 4. The minimum atomic E-state index is -1.34. The van der Waals surface area contributed by atoms with E-state index in [1.807, 2.05) is 0 Å². The molecule has 2 fully saturated rings. The van der Waals surface area contributed by atoms with E-state index in [9.17, 15) is 14.0 Å². The van der Waals surface area contributed by atoms with E-state index >= 15 is 0 Å². The molecule has 3 atom stereocenters. The molecule has 2 saturated heterocycles. The number of nitrogens with one attached hydrogen (secondary N) is 2. The number of hydrogen-bond donors (Lipinski definition) is 2. The Bertz CT molecular complexity index is 1220. The maximum absolute atomic E-state index is 14.8. The van der Waals surface area contributed by atoms with Gasteiger partial charge in [-0.1, -0.05) is 0 Å². The van der Waals surface area contributed by atoms with Gasteiger partial charge in [-0.05, 0) is 25.0 Å². The first-order valence-electron chi connectivity index (χ1n) is 12.0. The quantitative estimate of drug-likeness (QED) is 0.483. The van der Waals surface area contributed by atoms with Gasteiger partial charge in [0, 0.05) is 44.4 Å². The first-order valence-corrected chi connectivity index (χ1v) is 12.0. The largest absolute Gasteiger partial charge is 0.457 e. The van der Waals surface area contributed by atoms with Crippen molar-refractivity contribution in [2.24, 2.45) is 0 Å². The normalized spacial score (nSPS) is 21.8. The highest BCUT2D eigenvalue weighted by Crippen LogP contribution is 2.24. The summed E-state index contributed by atoms with van der Waals surface area (Å²) in [5.74, 6) is -0.938. The summed E-state index contributed by atoms with van der Waals surface area (Å²) >= 11 is 0. The predicted molar refractivity (Wildman–Crippen MR) is 128 cm³/mol. The Morgan fingerprint density at radius 1 is 1.16 bits per heavy atom. The molecule has 0 aromatic carbocycles. The van der Waals surface area contributed by atoms with E-state index in [1.54, 1.807) is 11.0 Å². The molecular formula is C24H26FN7O5. The van der Waals surface area contributed by atoms with E-state index in [2.05, 4.69) is 30.6 Å². The van der Waals surface area contributed by atoms with Crippen LogP contribution >= 0.6 is 0 Å². The summed E-state index contributed by atoms with van der Waals surface area (Å²) in [6.45, 7) is 1.50. The van der Waals surface area contributed by atoms with Crippen LogP contribution in [0.2, 0.25) is 0 Å². The number of oxazole rings is 1. The highest BCUT2D eigenvalue weighted by atomic mass is 19.1. The molecule has 2 N–H and O–H groups in total. The second-order valence-corrected chi connectivity index (χ2v) is 8.72. The number of halogens is 1. The molecule has 0 aliphatic carbocycles. The van der Waals surface area contributed by atoms with Crippen LogP contribution in [-0.2, 0) is 4.74 Å². The van der Waals surface area contributed by atoms with Gasteiger partial charge in [0.2, 0.25) is 0 Å². The zero-order valence-electron chi connectivity index (χ0n) is 19.9. The van der Waals surface area contributed by atoms with Crippen molar-refractivity contribution in [2.45, 2.75) is 37.6 Å². The van der Waals surface area contributed by atoms with Crippen LogP contribution < -0.4 is 20.3 Å². The molecular weight excluding hydrogens is 485 g/mol. The van der Waals surface area contributed by atoms with Crippen molar-refractivity contribution >= 4 is 23.5 Å². The standard InChI is InChI=1S/C24H26FN7O5/c25-17-12-32(9-5-20(17)37-23-27-6-2-7-28-23)24-31-19(14-36-24)22(34)30-18-4-8-26-11-16(18)21(33)29-15-3-1-10-35-13-15/h2,4,6-8,11,14-15,17,20H,1,3,5,9-10,12-13H2,(H,29,33)(H,26,30,34)/t15-,17?,20?/m0/s1. The minimum Gasteiger partial charge on any atom is -0.457 e. The van der Waals surface area contributed by atoms with Gasteiger partial charge in [0.15, 0.2) is 11.9 Å². The average molecular weight is 512 g/mol. The third-order valence-electron chi connectivity index (χ3n) is 6.09. The fraction of sp³-hybridized carbons (Fsp3) is 0.417. The van der Waals surface area contributed by atoms with Gasteiger partial charge in [-0.15, -0.1) is 0 Å². The lowest BCUT2D eigenvalue weighted by Gasteiger charge is -2.33. The fourth-order valence-electron chi connectivity index (χ4n) is 4.17. The van der Waals surface area contributed by atoms with Gasteiger partial charge in [-0.3, -0.25) is 14.6 Å². The van der Waals surface area contributed by atoms with Crippen LogP contribution in [0.15, 0.2) is 47.6 Å². The molecule has 0 saturated carbocycles.